The number of hydrogen-bond donors (Lipinski definition) is 1. The van der Waals surface area contributed by atoms with Crippen molar-refractivity contribution >= 4 is 21.9 Å². The number of alkyl halides is 3. The van der Waals surface area contributed by atoms with Crippen LogP contribution in [-0.4, -0.2) is 11.1 Å². The molecule has 0 atom stereocenters. The summed E-state index contributed by atoms with van der Waals surface area (Å²) in [6.07, 6.45) is -5.43. The highest BCUT2D eigenvalue weighted by atomic mass is 79.9. The zero-order valence-corrected chi connectivity index (χ0v) is 9.76. The maximum absolute atomic E-state index is 12.6. The Hall–Kier alpha value is -1.55. The van der Waals surface area contributed by atoms with Crippen LogP contribution in [0.5, 0.6) is 0 Å². The summed E-state index contributed by atoms with van der Waals surface area (Å²) in [6.45, 7) is 0. The number of rotatable bonds is 2. The average Bonchev–Trinajstić information content (AvgIpc) is 2.17. The number of carbonyl (C=O) groups is 1. The van der Waals surface area contributed by atoms with E-state index in [0.29, 0.717) is 0 Å². The van der Waals surface area contributed by atoms with Gasteiger partial charge in [0.05, 0.1) is 17.5 Å². The topological polar surface area (TPSA) is 61.1 Å². The smallest absolute Gasteiger partial charge is 0.416 e. The van der Waals surface area contributed by atoms with E-state index in [1.807, 2.05) is 0 Å². The SMILES string of the molecule is N#Cc1cc(CC(=O)O)c(C(F)(F)F)cc1Br. The van der Waals surface area contributed by atoms with Gasteiger partial charge in [-0.25, -0.2) is 0 Å². The Bertz CT molecular complexity index is 505. The van der Waals surface area contributed by atoms with Gasteiger partial charge in [-0.15, -0.1) is 0 Å². The van der Waals surface area contributed by atoms with Gasteiger partial charge in [-0.05, 0) is 33.6 Å². The lowest BCUT2D eigenvalue weighted by Gasteiger charge is -2.12. The number of benzene rings is 1. The monoisotopic (exact) mass is 307 g/mol. The van der Waals surface area contributed by atoms with E-state index in [9.17, 15) is 18.0 Å². The number of nitriles is 1. The van der Waals surface area contributed by atoms with Gasteiger partial charge in [0.15, 0.2) is 0 Å². The normalized spacial score (nSPS) is 11.0. The number of carboxylic acids is 1. The summed E-state index contributed by atoms with van der Waals surface area (Å²) in [5, 5.41) is 17.2. The molecule has 1 aromatic carbocycles. The van der Waals surface area contributed by atoms with Crippen molar-refractivity contribution in [1.82, 2.24) is 0 Å². The summed E-state index contributed by atoms with van der Waals surface area (Å²) in [6, 6.07) is 3.33. The number of nitrogens with zero attached hydrogens (tertiary/aromatic N) is 1. The van der Waals surface area contributed by atoms with E-state index >= 15 is 0 Å². The van der Waals surface area contributed by atoms with Crippen molar-refractivity contribution in [2.75, 3.05) is 0 Å². The lowest BCUT2D eigenvalue weighted by Crippen LogP contribution is -2.13. The Balaban J connectivity index is 3.43. The zero-order valence-electron chi connectivity index (χ0n) is 8.18. The van der Waals surface area contributed by atoms with E-state index in [-0.39, 0.29) is 10.0 Å². The molecule has 0 saturated heterocycles. The second kappa shape index (κ2) is 4.75. The third-order valence-corrected chi connectivity index (χ3v) is 2.62. The molecule has 1 aromatic rings. The van der Waals surface area contributed by atoms with Gasteiger partial charge in [0.1, 0.15) is 6.07 Å². The van der Waals surface area contributed by atoms with Crippen LogP contribution >= 0.6 is 15.9 Å². The third-order valence-electron chi connectivity index (χ3n) is 1.96. The van der Waals surface area contributed by atoms with Crippen LogP contribution < -0.4 is 0 Å². The van der Waals surface area contributed by atoms with Crippen LogP contribution in [0.1, 0.15) is 16.7 Å². The molecule has 0 spiro atoms. The summed E-state index contributed by atoms with van der Waals surface area (Å²) >= 11 is 2.83. The third kappa shape index (κ3) is 3.20. The predicted octanol–water partition coefficient (Wildman–Crippen LogP) is 2.97. The van der Waals surface area contributed by atoms with Crippen LogP contribution in [0.2, 0.25) is 0 Å². The van der Waals surface area contributed by atoms with Crippen LogP contribution in [0, 0.1) is 11.3 Å². The lowest BCUT2D eigenvalue weighted by atomic mass is 10.0. The Kier molecular flexibility index (Phi) is 3.78. The molecule has 0 fully saturated rings. The summed E-state index contributed by atoms with van der Waals surface area (Å²) in [7, 11) is 0. The summed E-state index contributed by atoms with van der Waals surface area (Å²) in [5.41, 5.74) is -1.51. The molecule has 7 heteroatoms. The Morgan fingerprint density at radius 1 is 1.47 bits per heavy atom. The molecule has 0 saturated carbocycles. The second-order valence-electron chi connectivity index (χ2n) is 3.17. The fraction of sp³-hybridized carbons (Fsp3) is 0.200. The highest BCUT2D eigenvalue weighted by molar-refractivity contribution is 9.10. The van der Waals surface area contributed by atoms with Crippen molar-refractivity contribution in [3.8, 4) is 6.07 Å². The quantitative estimate of drug-likeness (QED) is 0.913. The van der Waals surface area contributed by atoms with Gasteiger partial charge in [0, 0.05) is 4.47 Å². The van der Waals surface area contributed by atoms with Crippen molar-refractivity contribution < 1.29 is 23.1 Å². The van der Waals surface area contributed by atoms with E-state index < -0.39 is 29.7 Å². The second-order valence-corrected chi connectivity index (χ2v) is 4.02. The first kappa shape index (κ1) is 13.5. The van der Waals surface area contributed by atoms with Crippen molar-refractivity contribution in [2.24, 2.45) is 0 Å². The molecule has 0 radical (unpaired) electrons. The summed E-state index contributed by atoms with van der Waals surface area (Å²) in [4.78, 5) is 10.5. The highest BCUT2D eigenvalue weighted by Gasteiger charge is 2.34. The molecule has 0 aromatic heterocycles. The standard InChI is InChI=1S/C10H5BrF3NO2/c11-8-3-7(10(12,13)14)5(2-9(16)17)1-6(8)4-15/h1,3H,2H2,(H,16,17). The summed E-state index contributed by atoms with van der Waals surface area (Å²) in [5.74, 6) is -1.39. The van der Waals surface area contributed by atoms with E-state index in [1.165, 1.54) is 0 Å². The first-order valence-corrected chi connectivity index (χ1v) is 5.06. The van der Waals surface area contributed by atoms with Crippen molar-refractivity contribution in [1.29, 1.82) is 5.26 Å². The molecule has 0 bridgehead atoms. The Morgan fingerprint density at radius 2 is 2.06 bits per heavy atom. The van der Waals surface area contributed by atoms with Gasteiger partial charge in [0.2, 0.25) is 0 Å². The number of hydrogen-bond acceptors (Lipinski definition) is 2. The number of carboxylic acid groups (broad SMARTS) is 1. The van der Waals surface area contributed by atoms with Crippen molar-refractivity contribution in [3.05, 3.63) is 33.3 Å². The lowest BCUT2D eigenvalue weighted by molar-refractivity contribution is -0.139. The molecule has 0 aliphatic carbocycles. The van der Waals surface area contributed by atoms with Gasteiger partial charge in [-0.3, -0.25) is 4.79 Å². The molecule has 17 heavy (non-hydrogen) atoms. The molecule has 1 rings (SSSR count). The fourth-order valence-electron chi connectivity index (χ4n) is 1.28. The van der Waals surface area contributed by atoms with Gasteiger partial charge in [-0.2, -0.15) is 18.4 Å². The number of aliphatic carboxylic acids is 1. The fourth-order valence-corrected chi connectivity index (χ4v) is 1.71. The first-order valence-electron chi connectivity index (χ1n) is 4.27. The maximum atomic E-state index is 12.6. The highest BCUT2D eigenvalue weighted by Crippen LogP contribution is 2.35. The van der Waals surface area contributed by atoms with E-state index in [0.717, 1.165) is 12.1 Å². The molecule has 0 aliphatic heterocycles. The van der Waals surface area contributed by atoms with Crippen LogP contribution in [0.3, 0.4) is 0 Å². The Labute approximate surface area is 103 Å². The molecular formula is C10H5BrF3NO2. The van der Waals surface area contributed by atoms with Gasteiger partial charge in [0.25, 0.3) is 0 Å². The summed E-state index contributed by atoms with van der Waals surface area (Å²) < 4.78 is 37.8. The average molecular weight is 308 g/mol. The van der Waals surface area contributed by atoms with Crippen LogP contribution in [0.4, 0.5) is 13.2 Å². The van der Waals surface area contributed by atoms with Crippen LogP contribution in [0.15, 0.2) is 16.6 Å². The first-order chi connectivity index (χ1) is 7.75. The van der Waals surface area contributed by atoms with Gasteiger partial charge < -0.3 is 5.11 Å². The molecule has 1 N–H and O–H groups in total. The molecule has 0 unspecified atom stereocenters. The van der Waals surface area contributed by atoms with Gasteiger partial charge in [-0.1, -0.05) is 0 Å². The largest absolute Gasteiger partial charge is 0.481 e. The molecule has 3 nitrogen and oxygen atoms in total. The van der Waals surface area contributed by atoms with Crippen LogP contribution in [-0.2, 0) is 17.4 Å². The molecule has 0 heterocycles. The zero-order chi connectivity index (χ0) is 13.2. The van der Waals surface area contributed by atoms with Crippen LogP contribution in [0.25, 0.3) is 0 Å². The molecule has 0 amide bonds. The Morgan fingerprint density at radius 3 is 2.47 bits per heavy atom. The van der Waals surface area contributed by atoms with E-state index in [1.54, 1.807) is 6.07 Å². The van der Waals surface area contributed by atoms with E-state index in [4.69, 9.17) is 10.4 Å². The molecular weight excluding hydrogens is 303 g/mol. The number of halogens is 4. The predicted molar refractivity (Wildman–Crippen MR) is 55.2 cm³/mol. The minimum Gasteiger partial charge on any atom is -0.481 e. The molecule has 0 aliphatic rings. The molecule has 90 valence electrons. The van der Waals surface area contributed by atoms with Crippen molar-refractivity contribution in [2.45, 2.75) is 12.6 Å². The minimum absolute atomic E-state index is 0.0125. The van der Waals surface area contributed by atoms with Gasteiger partial charge >= 0.3 is 12.1 Å². The van der Waals surface area contributed by atoms with Crippen molar-refractivity contribution in [3.63, 3.8) is 0 Å². The maximum Gasteiger partial charge on any atom is 0.416 e. The minimum atomic E-state index is -4.65. The van der Waals surface area contributed by atoms with E-state index in [2.05, 4.69) is 15.9 Å².